The molecular formula is C13H15NO4. The molecule has 2 N–H and O–H groups in total. The minimum absolute atomic E-state index is 0.00509. The number of fused-ring (bicyclic) bond motifs is 2. The first-order chi connectivity index (χ1) is 8.75. The van der Waals surface area contributed by atoms with Crippen molar-refractivity contribution >= 4 is 5.97 Å². The lowest BCUT2D eigenvalue weighted by Crippen LogP contribution is -2.16. The number of carboxylic acids is 1. The minimum Gasteiger partial charge on any atom is -0.481 e. The van der Waals surface area contributed by atoms with Crippen LogP contribution in [0.3, 0.4) is 0 Å². The third-order valence-corrected chi connectivity index (χ3v) is 3.42. The number of carbonyl (C=O) groups is 1. The number of carboxylic acid groups (broad SMARTS) is 1. The van der Waals surface area contributed by atoms with Gasteiger partial charge in [-0.15, -0.1) is 0 Å². The Morgan fingerprint density at radius 3 is 3.00 bits per heavy atom. The molecule has 0 saturated carbocycles. The predicted molar refractivity (Wildman–Crippen MR) is 64.2 cm³/mol. The number of ether oxygens (including phenoxy) is 2. The van der Waals surface area contributed by atoms with E-state index in [9.17, 15) is 4.79 Å². The van der Waals surface area contributed by atoms with Crippen molar-refractivity contribution in [2.75, 3.05) is 19.9 Å². The van der Waals surface area contributed by atoms with Crippen LogP contribution in [-0.4, -0.2) is 31.0 Å². The minimum atomic E-state index is -0.835. The molecule has 18 heavy (non-hydrogen) atoms. The zero-order chi connectivity index (χ0) is 12.5. The molecule has 1 aromatic rings. The Morgan fingerprint density at radius 1 is 1.33 bits per heavy atom. The average molecular weight is 249 g/mol. The molecule has 0 saturated heterocycles. The molecular weight excluding hydrogens is 234 g/mol. The van der Waals surface area contributed by atoms with E-state index >= 15 is 0 Å². The van der Waals surface area contributed by atoms with Gasteiger partial charge in [-0.3, -0.25) is 4.79 Å². The van der Waals surface area contributed by atoms with Crippen LogP contribution in [0.5, 0.6) is 11.5 Å². The molecule has 3 rings (SSSR count). The van der Waals surface area contributed by atoms with Crippen molar-refractivity contribution in [3.8, 4) is 11.5 Å². The third-order valence-electron chi connectivity index (χ3n) is 3.42. The number of nitrogens with one attached hydrogen (secondary N) is 1. The number of rotatable bonds is 2. The maximum Gasteiger partial charge on any atom is 0.307 e. The highest BCUT2D eigenvalue weighted by Gasteiger charge is 2.25. The summed E-state index contributed by atoms with van der Waals surface area (Å²) in [5.74, 6) is 0.475. The van der Waals surface area contributed by atoms with Crippen LogP contribution in [0.4, 0.5) is 0 Å². The van der Waals surface area contributed by atoms with E-state index in [2.05, 4.69) is 5.32 Å². The van der Waals surface area contributed by atoms with Gasteiger partial charge in [-0.05, 0) is 43.1 Å². The van der Waals surface area contributed by atoms with Gasteiger partial charge >= 0.3 is 5.97 Å². The van der Waals surface area contributed by atoms with E-state index in [4.69, 9.17) is 14.6 Å². The molecule has 0 spiro atoms. The monoisotopic (exact) mass is 249 g/mol. The second kappa shape index (κ2) is 4.49. The van der Waals surface area contributed by atoms with E-state index in [1.165, 1.54) is 5.56 Å². The molecule has 0 aliphatic carbocycles. The van der Waals surface area contributed by atoms with E-state index in [1.807, 2.05) is 6.07 Å². The topological polar surface area (TPSA) is 67.8 Å². The maximum atomic E-state index is 11.0. The first-order valence-electron chi connectivity index (χ1n) is 6.11. The van der Waals surface area contributed by atoms with Crippen LogP contribution in [-0.2, 0) is 24.1 Å². The predicted octanol–water partition coefficient (Wildman–Crippen LogP) is 0.731. The molecule has 5 nitrogen and oxygen atoms in total. The van der Waals surface area contributed by atoms with Gasteiger partial charge in [0.15, 0.2) is 11.5 Å². The van der Waals surface area contributed by atoms with Crippen molar-refractivity contribution in [3.63, 3.8) is 0 Å². The maximum absolute atomic E-state index is 11.0. The summed E-state index contributed by atoms with van der Waals surface area (Å²) < 4.78 is 10.8. The van der Waals surface area contributed by atoms with Crippen molar-refractivity contribution in [1.82, 2.24) is 5.32 Å². The summed E-state index contributed by atoms with van der Waals surface area (Å²) in [7, 11) is 0. The Labute approximate surface area is 105 Å². The fourth-order valence-corrected chi connectivity index (χ4v) is 2.64. The normalized spacial score (nSPS) is 17.1. The van der Waals surface area contributed by atoms with E-state index < -0.39 is 5.97 Å². The average Bonchev–Trinajstić information content (AvgIpc) is 2.66. The zero-order valence-corrected chi connectivity index (χ0v) is 9.99. The number of aliphatic carboxylic acids is 1. The van der Waals surface area contributed by atoms with Crippen molar-refractivity contribution in [3.05, 3.63) is 22.8 Å². The van der Waals surface area contributed by atoms with Crippen molar-refractivity contribution < 1.29 is 19.4 Å². The van der Waals surface area contributed by atoms with Gasteiger partial charge in [0.2, 0.25) is 6.79 Å². The lowest BCUT2D eigenvalue weighted by molar-refractivity contribution is -0.136. The van der Waals surface area contributed by atoms with Crippen LogP contribution in [0, 0.1) is 0 Å². The smallest absolute Gasteiger partial charge is 0.307 e. The van der Waals surface area contributed by atoms with Crippen LogP contribution in [0.15, 0.2) is 6.07 Å². The van der Waals surface area contributed by atoms with E-state index in [-0.39, 0.29) is 13.2 Å². The highest BCUT2D eigenvalue weighted by Crippen LogP contribution is 2.40. The van der Waals surface area contributed by atoms with Gasteiger partial charge in [-0.2, -0.15) is 0 Å². The fraction of sp³-hybridized carbons (Fsp3) is 0.462. The molecule has 2 heterocycles. The summed E-state index contributed by atoms with van der Waals surface area (Å²) in [6.07, 6.45) is 1.74. The summed E-state index contributed by atoms with van der Waals surface area (Å²) in [6, 6.07) is 2.00. The molecule has 2 aliphatic rings. The molecule has 0 atom stereocenters. The molecule has 96 valence electrons. The molecule has 0 aromatic heterocycles. The second-order valence-corrected chi connectivity index (χ2v) is 4.55. The first kappa shape index (κ1) is 11.3. The van der Waals surface area contributed by atoms with Crippen LogP contribution in [0.2, 0.25) is 0 Å². The fourth-order valence-electron chi connectivity index (χ4n) is 2.64. The first-order valence-corrected chi connectivity index (χ1v) is 6.11. The van der Waals surface area contributed by atoms with Crippen LogP contribution >= 0.6 is 0 Å². The van der Waals surface area contributed by atoms with E-state index in [0.717, 1.165) is 37.1 Å². The Hall–Kier alpha value is -1.75. The Morgan fingerprint density at radius 2 is 2.17 bits per heavy atom. The molecule has 1 aromatic carbocycles. The summed E-state index contributed by atoms with van der Waals surface area (Å²) in [6.45, 7) is 1.97. The Bertz CT molecular complexity index is 498. The molecule has 0 radical (unpaired) electrons. The quantitative estimate of drug-likeness (QED) is 0.808. The van der Waals surface area contributed by atoms with Crippen LogP contribution in [0.25, 0.3) is 0 Å². The van der Waals surface area contributed by atoms with Gasteiger partial charge < -0.3 is 19.9 Å². The Kier molecular flexibility index (Phi) is 2.83. The Balaban J connectivity index is 2.12. The van der Waals surface area contributed by atoms with Gasteiger partial charge in [0.1, 0.15) is 0 Å². The molecule has 0 unspecified atom stereocenters. The van der Waals surface area contributed by atoms with Crippen LogP contribution < -0.4 is 14.8 Å². The largest absolute Gasteiger partial charge is 0.481 e. The third kappa shape index (κ3) is 1.90. The highest BCUT2D eigenvalue weighted by atomic mass is 16.7. The van der Waals surface area contributed by atoms with E-state index in [0.29, 0.717) is 11.5 Å². The van der Waals surface area contributed by atoms with Crippen molar-refractivity contribution in [1.29, 1.82) is 0 Å². The summed E-state index contributed by atoms with van der Waals surface area (Å²) in [4.78, 5) is 11.0. The summed E-state index contributed by atoms with van der Waals surface area (Å²) in [5, 5.41) is 12.4. The standard InChI is InChI=1S/C13H15NO4/c15-12(16)6-10-9-2-4-14-3-1-8(9)5-11-13(10)18-7-17-11/h5,14H,1-4,6-7H2,(H,15,16). The van der Waals surface area contributed by atoms with Gasteiger partial charge in [0.25, 0.3) is 0 Å². The van der Waals surface area contributed by atoms with E-state index in [1.54, 1.807) is 0 Å². The lowest BCUT2D eigenvalue weighted by atomic mass is 9.94. The molecule has 0 fully saturated rings. The van der Waals surface area contributed by atoms with Crippen molar-refractivity contribution in [2.45, 2.75) is 19.3 Å². The van der Waals surface area contributed by atoms with Crippen LogP contribution in [0.1, 0.15) is 16.7 Å². The summed E-state index contributed by atoms with van der Waals surface area (Å²) in [5.41, 5.74) is 3.09. The summed E-state index contributed by atoms with van der Waals surface area (Å²) >= 11 is 0. The second-order valence-electron chi connectivity index (χ2n) is 4.55. The van der Waals surface area contributed by atoms with Gasteiger partial charge in [0, 0.05) is 5.56 Å². The van der Waals surface area contributed by atoms with Gasteiger partial charge in [0.05, 0.1) is 6.42 Å². The molecule has 5 heteroatoms. The zero-order valence-electron chi connectivity index (χ0n) is 9.99. The van der Waals surface area contributed by atoms with Gasteiger partial charge in [-0.25, -0.2) is 0 Å². The lowest BCUT2D eigenvalue weighted by Gasteiger charge is -2.13. The highest BCUT2D eigenvalue weighted by molar-refractivity contribution is 5.74. The molecule has 2 aliphatic heterocycles. The molecule has 0 amide bonds. The SMILES string of the molecule is O=C(O)Cc1c2c(cc3c1OCO3)CCNCC2. The number of hydrogen-bond acceptors (Lipinski definition) is 4. The number of benzene rings is 1. The van der Waals surface area contributed by atoms with Crippen molar-refractivity contribution in [2.24, 2.45) is 0 Å². The molecule has 0 bridgehead atoms. The number of hydrogen-bond donors (Lipinski definition) is 2. The van der Waals surface area contributed by atoms with Gasteiger partial charge in [-0.1, -0.05) is 0 Å².